The van der Waals surface area contributed by atoms with Crippen LogP contribution < -0.4 is 5.73 Å². The van der Waals surface area contributed by atoms with E-state index in [-0.39, 0.29) is 18.6 Å². The van der Waals surface area contributed by atoms with E-state index in [1.165, 1.54) is 5.56 Å². The van der Waals surface area contributed by atoms with Crippen LogP contribution in [0.2, 0.25) is 0 Å². The maximum atomic E-state index is 9.97. The number of nitrogens with zero attached hydrogens (tertiary/aromatic N) is 4. The molecule has 2 aromatic heterocycles. The largest absolute Gasteiger partial charge is 0.394 e. The Morgan fingerprint density at radius 3 is 2.21 bits per heavy atom. The summed E-state index contributed by atoms with van der Waals surface area (Å²) < 4.78 is 2.04. The molecule has 0 radical (unpaired) electrons. The number of aromatic nitrogens is 4. The molecule has 3 N–H and O–H groups in total. The van der Waals surface area contributed by atoms with E-state index < -0.39 is 0 Å². The van der Waals surface area contributed by atoms with Crippen molar-refractivity contribution in [2.45, 2.75) is 12.5 Å². The molecule has 0 amide bonds. The van der Waals surface area contributed by atoms with Crippen molar-refractivity contribution in [3.63, 3.8) is 0 Å². The molecule has 1 atom stereocenters. The zero-order valence-electron chi connectivity index (χ0n) is 15.3. The molecular weight excluding hydrogens is 350 g/mol. The van der Waals surface area contributed by atoms with Crippen LogP contribution in [0.4, 0.5) is 5.95 Å². The molecule has 28 heavy (non-hydrogen) atoms. The predicted molar refractivity (Wildman–Crippen MR) is 109 cm³/mol. The van der Waals surface area contributed by atoms with Gasteiger partial charge in [0, 0.05) is 35.9 Å². The Balaban J connectivity index is 1.60. The van der Waals surface area contributed by atoms with Crippen LogP contribution in [0.5, 0.6) is 0 Å². The number of hydrogen-bond donors (Lipinski definition) is 2. The van der Waals surface area contributed by atoms with Crippen molar-refractivity contribution >= 4 is 5.95 Å². The highest BCUT2D eigenvalue weighted by Crippen LogP contribution is 2.26. The third-order valence-corrected chi connectivity index (χ3v) is 4.74. The quantitative estimate of drug-likeness (QED) is 0.542. The van der Waals surface area contributed by atoms with E-state index in [4.69, 9.17) is 5.73 Å². The van der Waals surface area contributed by atoms with Crippen LogP contribution >= 0.6 is 0 Å². The van der Waals surface area contributed by atoms with Crippen LogP contribution in [0.1, 0.15) is 11.6 Å². The molecule has 0 aliphatic carbocycles. The van der Waals surface area contributed by atoms with E-state index in [0.717, 1.165) is 28.9 Å². The Morgan fingerprint density at radius 1 is 0.857 bits per heavy atom. The van der Waals surface area contributed by atoms with E-state index in [0.29, 0.717) is 0 Å². The maximum absolute atomic E-state index is 9.97. The molecule has 0 spiro atoms. The SMILES string of the molecule is Nc1ncc(-c2ccc(-c3nccn3[C@H](CO)Cc3ccccc3)cc2)cn1. The second kappa shape index (κ2) is 8.02. The van der Waals surface area contributed by atoms with Gasteiger partial charge in [0.2, 0.25) is 5.95 Å². The first-order valence-corrected chi connectivity index (χ1v) is 9.10. The van der Waals surface area contributed by atoms with Gasteiger partial charge in [0.25, 0.3) is 0 Å². The fourth-order valence-electron chi connectivity index (χ4n) is 3.27. The van der Waals surface area contributed by atoms with Gasteiger partial charge in [0.1, 0.15) is 5.82 Å². The van der Waals surface area contributed by atoms with Gasteiger partial charge in [-0.05, 0) is 17.5 Å². The molecule has 0 aliphatic rings. The Hall–Kier alpha value is -3.51. The smallest absolute Gasteiger partial charge is 0.219 e. The highest BCUT2D eigenvalue weighted by atomic mass is 16.3. The number of anilines is 1. The van der Waals surface area contributed by atoms with Crippen molar-refractivity contribution in [2.24, 2.45) is 0 Å². The van der Waals surface area contributed by atoms with Crippen molar-refractivity contribution in [3.05, 3.63) is 84.9 Å². The first-order valence-electron chi connectivity index (χ1n) is 9.10. The van der Waals surface area contributed by atoms with Crippen LogP contribution in [0.25, 0.3) is 22.5 Å². The van der Waals surface area contributed by atoms with Crippen molar-refractivity contribution in [3.8, 4) is 22.5 Å². The number of imidazole rings is 1. The summed E-state index contributed by atoms with van der Waals surface area (Å²) in [6.07, 6.45) is 7.84. The van der Waals surface area contributed by atoms with E-state index in [1.54, 1.807) is 18.6 Å². The number of hydrogen-bond acceptors (Lipinski definition) is 5. The van der Waals surface area contributed by atoms with Gasteiger partial charge in [0.15, 0.2) is 0 Å². The molecule has 0 bridgehead atoms. The van der Waals surface area contributed by atoms with Gasteiger partial charge in [-0.3, -0.25) is 0 Å². The molecule has 0 saturated carbocycles. The van der Waals surface area contributed by atoms with Crippen molar-refractivity contribution in [1.82, 2.24) is 19.5 Å². The molecule has 4 aromatic rings. The summed E-state index contributed by atoms with van der Waals surface area (Å²) >= 11 is 0. The Labute approximate surface area is 163 Å². The Bertz CT molecular complexity index is 1030. The minimum atomic E-state index is -0.0786. The van der Waals surface area contributed by atoms with E-state index in [9.17, 15) is 5.11 Å². The van der Waals surface area contributed by atoms with Gasteiger partial charge in [-0.2, -0.15) is 0 Å². The molecule has 2 heterocycles. The normalized spacial score (nSPS) is 12.0. The molecule has 2 aromatic carbocycles. The first kappa shape index (κ1) is 17.9. The van der Waals surface area contributed by atoms with Crippen LogP contribution in [0, 0.1) is 0 Å². The molecule has 6 heteroatoms. The van der Waals surface area contributed by atoms with Gasteiger partial charge in [-0.25, -0.2) is 15.0 Å². The molecule has 0 unspecified atom stereocenters. The standard InChI is InChI=1S/C22H21N5O/c23-22-25-13-19(14-26-22)17-6-8-18(9-7-17)21-24-10-11-27(21)20(15-28)12-16-4-2-1-3-5-16/h1-11,13-14,20,28H,12,15H2,(H2,23,25,26)/t20-/m0/s1. The second-order valence-electron chi connectivity index (χ2n) is 6.59. The number of aliphatic hydroxyl groups is 1. The zero-order chi connectivity index (χ0) is 19.3. The van der Waals surface area contributed by atoms with Gasteiger partial charge in [0.05, 0.1) is 12.6 Å². The lowest BCUT2D eigenvalue weighted by molar-refractivity contribution is 0.228. The van der Waals surface area contributed by atoms with E-state index in [2.05, 4.69) is 27.1 Å². The average Bonchev–Trinajstić information content (AvgIpc) is 3.23. The van der Waals surface area contributed by atoms with Crippen LogP contribution in [0.3, 0.4) is 0 Å². The summed E-state index contributed by atoms with van der Waals surface area (Å²) in [4.78, 5) is 12.6. The number of benzene rings is 2. The fraction of sp³-hybridized carbons (Fsp3) is 0.136. The summed E-state index contributed by atoms with van der Waals surface area (Å²) in [5.41, 5.74) is 9.62. The summed E-state index contributed by atoms with van der Waals surface area (Å²) in [7, 11) is 0. The second-order valence-corrected chi connectivity index (χ2v) is 6.59. The third-order valence-electron chi connectivity index (χ3n) is 4.74. The minimum absolute atomic E-state index is 0.0408. The number of nitrogen functional groups attached to an aromatic ring is 1. The highest BCUT2D eigenvalue weighted by molar-refractivity contribution is 5.67. The molecule has 0 fully saturated rings. The molecule has 4 rings (SSSR count). The molecule has 0 saturated heterocycles. The van der Waals surface area contributed by atoms with Gasteiger partial charge < -0.3 is 15.4 Å². The first-order chi connectivity index (χ1) is 13.7. The third kappa shape index (κ3) is 3.77. The van der Waals surface area contributed by atoms with Crippen LogP contribution in [-0.4, -0.2) is 31.2 Å². The van der Waals surface area contributed by atoms with E-state index in [1.807, 2.05) is 53.2 Å². The summed E-state index contributed by atoms with van der Waals surface area (Å²) in [6.45, 7) is 0.0408. The summed E-state index contributed by atoms with van der Waals surface area (Å²) in [6, 6.07) is 18.1. The molecular formula is C22H21N5O. The lowest BCUT2D eigenvalue weighted by Gasteiger charge is -2.19. The minimum Gasteiger partial charge on any atom is -0.394 e. The number of nitrogens with two attached hydrogens (primary N) is 1. The molecule has 0 aliphatic heterocycles. The number of aliphatic hydroxyl groups excluding tert-OH is 1. The highest BCUT2D eigenvalue weighted by Gasteiger charge is 2.16. The van der Waals surface area contributed by atoms with E-state index >= 15 is 0 Å². The fourth-order valence-corrected chi connectivity index (χ4v) is 3.27. The van der Waals surface area contributed by atoms with Crippen molar-refractivity contribution in [2.75, 3.05) is 12.3 Å². The zero-order valence-corrected chi connectivity index (χ0v) is 15.3. The van der Waals surface area contributed by atoms with Gasteiger partial charge in [-0.15, -0.1) is 0 Å². The van der Waals surface area contributed by atoms with Crippen molar-refractivity contribution in [1.29, 1.82) is 0 Å². The molecule has 6 nitrogen and oxygen atoms in total. The van der Waals surface area contributed by atoms with Gasteiger partial charge >= 0.3 is 0 Å². The monoisotopic (exact) mass is 371 g/mol. The lowest BCUT2D eigenvalue weighted by Crippen LogP contribution is -2.16. The van der Waals surface area contributed by atoms with Crippen molar-refractivity contribution < 1.29 is 5.11 Å². The number of rotatable bonds is 6. The Morgan fingerprint density at radius 2 is 1.54 bits per heavy atom. The molecule has 140 valence electrons. The lowest BCUT2D eigenvalue weighted by atomic mass is 10.0. The summed E-state index contributed by atoms with van der Waals surface area (Å²) in [5, 5.41) is 9.97. The van der Waals surface area contributed by atoms with Gasteiger partial charge in [-0.1, -0.05) is 54.6 Å². The Kier molecular flexibility index (Phi) is 5.12. The van der Waals surface area contributed by atoms with Crippen LogP contribution in [0.15, 0.2) is 79.4 Å². The topological polar surface area (TPSA) is 89.8 Å². The maximum Gasteiger partial charge on any atom is 0.219 e. The average molecular weight is 371 g/mol. The predicted octanol–water partition coefficient (Wildman–Crippen LogP) is 3.37. The summed E-state index contributed by atoms with van der Waals surface area (Å²) in [5.74, 6) is 1.09. The van der Waals surface area contributed by atoms with Crippen LogP contribution in [-0.2, 0) is 6.42 Å².